The maximum atomic E-state index is 12.6. The number of nitrogens with one attached hydrogen (secondary N) is 1. The lowest BCUT2D eigenvalue weighted by Gasteiger charge is -2.23. The van der Waals surface area contributed by atoms with Crippen LogP contribution in [-0.2, 0) is 4.79 Å². The first kappa shape index (κ1) is 16.7. The normalized spacial score (nSPS) is 19.0. The Morgan fingerprint density at radius 2 is 2.14 bits per heavy atom. The van der Waals surface area contributed by atoms with Gasteiger partial charge in [0, 0.05) is 19.0 Å². The minimum atomic E-state index is -0.641. The Morgan fingerprint density at radius 3 is 2.77 bits per heavy atom. The SMILES string of the molecule is CSCC[C@@H](NC(N)=O)C(=O)N1CC[C@H](c2ccccc2)C1. The van der Waals surface area contributed by atoms with Gasteiger partial charge in [0.2, 0.25) is 5.91 Å². The molecule has 120 valence electrons. The van der Waals surface area contributed by atoms with Crippen LogP contribution in [0.1, 0.15) is 24.3 Å². The first-order valence-corrected chi connectivity index (χ1v) is 8.90. The first-order valence-electron chi connectivity index (χ1n) is 7.50. The fourth-order valence-corrected chi connectivity index (χ4v) is 3.31. The molecule has 1 fully saturated rings. The zero-order valence-corrected chi connectivity index (χ0v) is 13.6. The van der Waals surface area contributed by atoms with Crippen molar-refractivity contribution < 1.29 is 9.59 Å². The molecule has 2 atom stereocenters. The van der Waals surface area contributed by atoms with Gasteiger partial charge in [-0.2, -0.15) is 11.8 Å². The maximum Gasteiger partial charge on any atom is 0.312 e. The molecule has 2 rings (SSSR count). The van der Waals surface area contributed by atoms with Crippen molar-refractivity contribution in [2.45, 2.75) is 24.8 Å². The summed E-state index contributed by atoms with van der Waals surface area (Å²) in [4.78, 5) is 25.6. The summed E-state index contributed by atoms with van der Waals surface area (Å²) in [7, 11) is 0. The highest BCUT2D eigenvalue weighted by molar-refractivity contribution is 7.98. The lowest BCUT2D eigenvalue weighted by molar-refractivity contribution is -0.132. The van der Waals surface area contributed by atoms with E-state index in [1.807, 2.05) is 29.4 Å². The van der Waals surface area contributed by atoms with Crippen LogP contribution in [0.25, 0.3) is 0 Å². The molecule has 0 saturated carbocycles. The standard InChI is InChI=1S/C16H23N3O2S/c1-22-10-8-14(18-16(17)21)15(20)19-9-7-13(11-19)12-5-3-2-4-6-12/h2-6,13-14H,7-11H2,1H3,(H3,17,18,21)/t13-,14+/m0/s1. The topological polar surface area (TPSA) is 75.4 Å². The van der Waals surface area contributed by atoms with Crippen LogP contribution in [0, 0.1) is 0 Å². The van der Waals surface area contributed by atoms with E-state index in [-0.39, 0.29) is 5.91 Å². The van der Waals surface area contributed by atoms with E-state index in [1.165, 1.54) is 5.56 Å². The van der Waals surface area contributed by atoms with Gasteiger partial charge in [-0.1, -0.05) is 30.3 Å². The maximum absolute atomic E-state index is 12.6. The largest absolute Gasteiger partial charge is 0.352 e. The number of rotatable bonds is 6. The van der Waals surface area contributed by atoms with Crippen LogP contribution < -0.4 is 11.1 Å². The summed E-state index contributed by atoms with van der Waals surface area (Å²) in [6, 6.07) is 9.09. The Hall–Kier alpha value is -1.69. The summed E-state index contributed by atoms with van der Waals surface area (Å²) in [6.07, 6.45) is 3.55. The van der Waals surface area contributed by atoms with E-state index in [2.05, 4.69) is 17.4 Å². The van der Waals surface area contributed by atoms with Gasteiger partial charge in [-0.25, -0.2) is 4.79 Å². The molecule has 0 aliphatic carbocycles. The summed E-state index contributed by atoms with van der Waals surface area (Å²) in [5, 5.41) is 2.58. The molecule has 1 aromatic carbocycles. The van der Waals surface area contributed by atoms with Crippen LogP contribution in [0.5, 0.6) is 0 Å². The average Bonchev–Trinajstić information content (AvgIpc) is 3.01. The lowest BCUT2D eigenvalue weighted by Crippen LogP contribution is -2.49. The van der Waals surface area contributed by atoms with E-state index in [1.54, 1.807) is 11.8 Å². The Balaban J connectivity index is 1.97. The van der Waals surface area contributed by atoms with Crippen molar-refractivity contribution in [1.82, 2.24) is 10.2 Å². The van der Waals surface area contributed by atoms with E-state index in [9.17, 15) is 9.59 Å². The molecule has 3 amide bonds. The number of amides is 3. The highest BCUT2D eigenvalue weighted by atomic mass is 32.2. The molecule has 0 spiro atoms. The lowest BCUT2D eigenvalue weighted by atomic mass is 9.99. The molecular formula is C16H23N3O2S. The van der Waals surface area contributed by atoms with Gasteiger partial charge in [-0.3, -0.25) is 4.79 Å². The number of thioether (sulfide) groups is 1. The van der Waals surface area contributed by atoms with Crippen molar-refractivity contribution in [3.05, 3.63) is 35.9 Å². The van der Waals surface area contributed by atoms with E-state index in [0.29, 0.717) is 18.9 Å². The molecule has 1 aliphatic rings. The fourth-order valence-electron chi connectivity index (χ4n) is 2.84. The molecule has 1 heterocycles. The van der Waals surface area contributed by atoms with Crippen molar-refractivity contribution in [1.29, 1.82) is 0 Å². The predicted octanol–water partition coefficient (Wildman–Crippen LogP) is 1.79. The Bertz CT molecular complexity index is 509. The molecule has 0 unspecified atom stereocenters. The van der Waals surface area contributed by atoms with Crippen molar-refractivity contribution in [2.75, 3.05) is 25.1 Å². The smallest absolute Gasteiger partial charge is 0.312 e. The second-order valence-electron chi connectivity index (χ2n) is 5.52. The van der Waals surface area contributed by atoms with Gasteiger partial charge in [-0.05, 0) is 30.4 Å². The molecule has 1 aromatic rings. The van der Waals surface area contributed by atoms with Gasteiger partial charge in [0.25, 0.3) is 0 Å². The van der Waals surface area contributed by atoms with E-state index in [0.717, 1.165) is 18.7 Å². The number of nitrogens with two attached hydrogens (primary N) is 1. The second-order valence-corrected chi connectivity index (χ2v) is 6.51. The van der Waals surface area contributed by atoms with Crippen LogP contribution in [0.4, 0.5) is 4.79 Å². The molecule has 1 saturated heterocycles. The van der Waals surface area contributed by atoms with Crippen molar-refractivity contribution in [3.63, 3.8) is 0 Å². The minimum Gasteiger partial charge on any atom is -0.352 e. The number of hydrogen-bond acceptors (Lipinski definition) is 3. The van der Waals surface area contributed by atoms with Crippen LogP contribution in [0.3, 0.4) is 0 Å². The molecule has 6 heteroatoms. The summed E-state index contributed by atoms with van der Waals surface area (Å²) in [5.41, 5.74) is 6.46. The van der Waals surface area contributed by atoms with Gasteiger partial charge in [-0.15, -0.1) is 0 Å². The van der Waals surface area contributed by atoms with E-state index in [4.69, 9.17) is 5.73 Å². The fraction of sp³-hybridized carbons (Fsp3) is 0.500. The zero-order valence-electron chi connectivity index (χ0n) is 12.8. The summed E-state index contributed by atoms with van der Waals surface area (Å²) < 4.78 is 0. The van der Waals surface area contributed by atoms with Crippen LogP contribution in [-0.4, -0.2) is 48.0 Å². The van der Waals surface area contributed by atoms with Gasteiger partial charge in [0.1, 0.15) is 6.04 Å². The van der Waals surface area contributed by atoms with E-state index < -0.39 is 12.1 Å². The number of urea groups is 1. The number of benzene rings is 1. The quantitative estimate of drug-likeness (QED) is 0.839. The van der Waals surface area contributed by atoms with Crippen LogP contribution in [0.2, 0.25) is 0 Å². The average molecular weight is 321 g/mol. The van der Waals surface area contributed by atoms with Crippen molar-refractivity contribution in [3.8, 4) is 0 Å². The number of hydrogen-bond donors (Lipinski definition) is 2. The molecule has 0 radical (unpaired) electrons. The van der Waals surface area contributed by atoms with Crippen LogP contribution >= 0.6 is 11.8 Å². The Morgan fingerprint density at radius 1 is 1.41 bits per heavy atom. The third-order valence-corrected chi connectivity index (χ3v) is 4.64. The van der Waals surface area contributed by atoms with Gasteiger partial charge in [0.05, 0.1) is 0 Å². The molecule has 0 bridgehead atoms. The van der Waals surface area contributed by atoms with Gasteiger partial charge in [0.15, 0.2) is 0 Å². The minimum absolute atomic E-state index is 0.0220. The molecular weight excluding hydrogens is 298 g/mol. The highest BCUT2D eigenvalue weighted by Crippen LogP contribution is 2.27. The van der Waals surface area contributed by atoms with Crippen molar-refractivity contribution >= 4 is 23.7 Å². The number of nitrogens with zero attached hydrogens (tertiary/aromatic N) is 1. The number of carbonyl (C=O) groups is 2. The molecule has 22 heavy (non-hydrogen) atoms. The summed E-state index contributed by atoms with van der Waals surface area (Å²) in [6.45, 7) is 1.44. The second kappa shape index (κ2) is 8.08. The Kier molecular flexibility index (Phi) is 6.12. The molecule has 3 N–H and O–H groups in total. The number of likely N-dealkylation sites (tertiary alicyclic amines) is 1. The molecule has 5 nitrogen and oxygen atoms in total. The van der Waals surface area contributed by atoms with Crippen molar-refractivity contribution in [2.24, 2.45) is 5.73 Å². The zero-order chi connectivity index (χ0) is 15.9. The monoisotopic (exact) mass is 321 g/mol. The number of carbonyl (C=O) groups excluding carboxylic acids is 2. The summed E-state index contributed by atoms with van der Waals surface area (Å²) >= 11 is 1.65. The molecule has 1 aliphatic heterocycles. The Labute approximate surface area is 135 Å². The van der Waals surface area contributed by atoms with Gasteiger partial charge < -0.3 is 16.0 Å². The van der Waals surface area contributed by atoms with Gasteiger partial charge >= 0.3 is 6.03 Å². The highest BCUT2D eigenvalue weighted by Gasteiger charge is 2.31. The third kappa shape index (κ3) is 4.40. The van der Waals surface area contributed by atoms with E-state index >= 15 is 0 Å². The van der Waals surface area contributed by atoms with Crippen LogP contribution in [0.15, 0.2) is 30.3 Å². The first-order chi connectivity index (χ1) is 10.6. The summed E-state index contributed by atoms with van der Waals surface area (Å²) in [5.74, 6) is 1.17. The third-order valence-electron chi connectivity index (χ3n) is 4.00. The number of primary amides is 1. The molecule has 0 aromatic heterocycles. The predicted molar refractivity (Wildman–Crippen MR) is 89.9 cm³/mol.